The van der Waals surface area contributed by atoms with Gasteiger partial charge in [0.25, 0.3) is 0 Å². The molecule has 0 aliphatic rings. The molecule has 0 amide bonds. The van der Waals surface area contributed by atoms with Crippen molar-refractivity contribution in [3.63, 3.8) is 0 Å². The Bertz CT molecular complexity index is 750. The number of fused-ring (bicyclic) bond motifs is 1. The van der Waals surface area contributed by atoms with Gasteiger partial charge in [0.2, 0.25) is 0 Å². The second kappa shape index (κ2) is 5.35. The molecular formula is C17H13BrFN. The smallest absolute Gasteiger partial charge is 0.129 e. The van der Waals surface area contributed by atoms with Crippen LogP contribution in [0.25, 0.3) is 10.8 Å². The highest BCUT2D eigenvalue weighted by molar-refractivity contribution is 9.10. The number of rotatable bonds is 2. The third-order valence-corrected chi connectivity index (χ3v) is 4.13. The van der Waals surface area contributed by atoms with Crippen molar-refractivity contribution in [1.29, 1.82) is 0 Å². The highest BCUT2D eigenvalue weighted by atomic mass is 79.9. The third kappa shape index (κ3) is 2.35. The van der Waals surface area contributed by atoms with Crippen molar-refractivity contribution in [3.8, 4) is 0 Å². The maximum Gasteiger partial charge on any atom is 0.129 e. The topological polar surface area (TPSA) is 26.0 Å². The highest BCUT2D eigenvalue weighted by Gasteiger charge is 2.16. The van der Waals surface area contributed by atoms with Crippen molar-refractivity contribution in [2.24, 2.45) is 5.73 Å². The Hall–Kier alpha value is -1.71. The van der Waals surface area contributed by atoms with Crippen LogP contribution in [-0.4, -0.2) is 0 Å². The van der Waals surface area contributed by atoms with Crippen molar-refractivity contribution in [3.05, 3.63) is 82.1 Å². The van der Waals surface area contributed by atoms with E-state index in [1.807, 2.05) is 42.5 Å². The van der Waals surface area contributed by atoms with Crippen molar-refractivity contribution >= 4 is 26.7 Å². The van der Waals surface area contributed by atoms with Crippen LogP contribution in [0.5, 0.6) is 0 Å². The molecule has 1 unspecified atom stereocenters. The first kappa shape index (κ1) is 13.3. The number of hydrogen-bond acceptors (Lipinski definition) is 1. The molecule has 0 bridgehead atoms. The molecule has 3 rings (SSSR count). The van der Waals surface area contributed by atoms with Gasteiger partial charge in [0.15, 0.2) is 0 Å². The minimum absolute atomic E-state index is 0.292. The zero-order valence-corrected chi connectivity index (χ0v) is 12.3. The first-order valence-electron chi connectivity index (χ1n) is 6.35. The van der Waals surface area contributed by atoms with Crippen molar-refractivity contribution < 1.29 is 4.39 Å². The molecule has 3 aromatic carbocycles. The van der Waals surface area contributed by atoms with Gasteiger partial charge in [0.05, 0.1) is 6.04 Å². The van der Waals surface area contributed by atoms with Gasteiger partial charge in [0, 0.05) is 10.0 Å². The molecule has 0 aliphatic carbocycles. The standard InChI is InChI=1S/C17H13BrFN/c18-14-6-3-7-15(19)16(14)17(20)13-9-8-11-4-1-2-5-12(11)10-13/h1-10,17H,20H2. The molecule has 0 saturated carbocycles. The molecule has 1 atom stereocenters. The lowest BCUT2D eigenvalue weighted by atomic mass is 9.96. The lowest BCUT2D eigenvalue weighted by molar-refractivity contribution is 0.598. The molecular weight excluding hydrogens is 317 g/mol. The van der Waals surface area contributed by atoms with E-state index < -0.39 is 6.04 Å². The van der Waals surface area contributed by atoms with E-state index in [0.717, 1.165) is 16.3 Å². The fourth-order valence-corrected chi connectivity index (χ4v) is 2.96. The van der Waals surface area contributed by atoms with Gasteiger partial charge in [-0.05, 0) is 34.5 Å². The molecule has 0 fully saturated rings. The summed E-state index contributed by atoms with van der Waals surface area (Å²) < 4.78 is 14.7. The highest BCUT2D eigenvalue weighted by Crippen LogP contribution is 2.30. The molecule has 0 aliphatic heterocycles. The van der Waals surface area contributed by atoms with Crippen molar-refractivity contribution in [2.45, 2.75) is 6.04 Å². The second-order valence-electron chi connectivity index (χ2n) is 4.72. The zero-order valence-electron chi connectivity index (χ0n) is 10.7. The predicted octanol–water partition coefficient (Wildman–Crippen LogP) is 4.79. The van der Waals surface area contributed by atoms with E-state index >= 15 is 0 Å². The Morgan fingerprint density at radius 3 is 2.40 bits per heavy atom. The van der Waals surface area contributed by atoms with Crippen LogP contribution in [0.1, 0.15) is 17.2 Å². The van der Waals surface area contributed by atoms with Gasteiger partial charge in [-0.25, -0.2) is 4.39 Å². The summed E-state index contributed by atoms with van der Waals surface area (Å²) in [5.74, 6) is -0.292. The van der Waals surface area contributed by atoms with Crippen LogP contribution in [0.15, 0.2) is 65.1 Å². The monoisotopic (exact) mass is 329 g/mol. The van der Waals surface area contributed by atoms with E-state index in [-0.39, 0.29) is 5.82 Å². The number of hydrogen-bond donors (Lipinski definition) is 1. The van der Waals surface area contributed by atoms with Gasteiger partial charge < -0.3 is 5.73 Å². The lowest BCUT2D eigenvalue weighted by Gasteiger charge is -2.16. The first-order chi connectivity index (χ1) is 9.66. The summed E-state index contributed by atoms with van der Waals surface area (Å²) in [5, 5.41) is 2.25. The fourth-order valence-electron chi connectivity index (χ4n) is 2.38. The molecule has 20 heavy (non-hydrogen) atoms. The van der Waals surface area contributed by atoms with Gasteiger partial charge in [-0.3, -0.25) is 0 Å². The summed E-state index contributed by atoms with van der Waals surface area (Å²) in [6.45, 7) is 0. The lowest BCUT2D eigenvalue weighted by Crippen LogP contribution is -2.14. The van der Waals surface area contributed by atoms with Crippen LogP contribution in [0, 0.1) is 5.82 Å². The number of nitrogens with two attached hydrogens (primary N) is 1. The van der Waals surface area contributed by atoms with E-state index in [2.05, 4.69) is 15.9 Å². The summed E-state index contributed by atoms with van der Waals surface area (Å²) in [6.07, 6.45) is 0. The van der Waals surface area contributed by atoms with E-state index in [1.54, 1.807) is 12.1 Å². The number of benzene rings is 3. The third-order valence-electron chi connectivity index (χ3n) is 3.44. The maximum absolute atomic E-state index is 14.0. The van der Waals surface area contributed by atoms with E-state index in [4.69, 9.17) is 5.73 Å². The fraction of sp³-hybridized carbons (Fsp3) is 0.0588. The minimum Gasteiger partial charge on any atom is -0.320 e. The largest absolute Gasteiger partial charge is 0.320 e. The Balaban J connectivity index is 2.10. The zero-order chi connectivity index (χ0) is 14.1. The van der Waals surface area contributed by atoms with Crippen LogP contribution >= 0.6 is 15.9 Å². The SMILES string of the molecule is NC(c1ccc2ccccc2c1)c1c(F)cccc1Br. The predicted molar refractivity (Wildman–Crippen MR) is 84.1 cm³/mol. The molecule has 3 heteroatoms. The maximum atomic E-state index is 14.0. The van der Waals surface area contributed by atoms with Crippen LogP contribution in [0.4, 0.5) is 4.39 Å². The van der Waals surface area contributed by atoms with Gasteiger partial charge >= 0.3 is 0 Å². The molecule has 3 aromatic rings. The van der Waals surface area contributed by atoms with Gasteiger partial charge in [-0.1, -0.05) is 58.4 Å². The Morgan fingerprint density at radius 2 is 1.65 bits per heavy atom. The average Bonchev–Trinajstić information content (AvgIpc) is 2.46. The summed E-state index contributed by atoms with van der Waals surface area (Å²) in [5.41, 5.74) is 7.63. The van der Waals surface area contributed by atoms with Crippen LogP contribution in [0.3, 0.4) is 0 Å². The number of halogens is 2. The molecule has 0 radical (unpaired) electrons. The summed E-state index contributed by atoms with van der Waals surface area (Å²) >= 11 is 3.37. The van der Waals surface area contributed by atoms with Gasteiger partial charge in [-0.15, -0.1) is 0 Å². The second-order valence-corrected chi connectivity index (χ2v) is 5.57. The molecule has 1 nitrogen and oxygen atoms in total. The van der Waals surface area contributed by atoms with Crippen molar-refractivity contribution in [2.75, 3.05) is 0 Å². The quantitative estimate of drug-likeness (QED) is 0.718. The Kier molecular flexibility index (Phi) is 3.55. The normalized spacial score (nSPS) is 12.6. The van der Waals surface area contributed by atoms with E-state index in [9.17, 15) is 4.39 Å². The Labute approximate surface area is 125 Å². The van der Waals surface area contributed by atoms with Gasteiger partial charge in [-0.2, -0.15) is 0 Å². The molecule has 100 valence electrons. The van der Waals surface area contributed by atoms with E-state index in [0.29, 0.717) is 10.0 Å². The minimum atomic E-state index is -0.491. The Morgan fingerprint density at radius 1 is 0.900 bits per heavy atom. The summed E-state index contributed by atoms with van der Waals surface area (Å²) in [4.78, 5) is 0. The van der Waals surface area contributed by atoms with Crippen molar-refractivity contribution in [1.82, 2.24) is 0 Å². The van der Waals surface area contributed by atoms with E-state index in [1.165, 1.54) is 6.07 Å². The van der Waals surface area contributed by atoms with Crippen LogP contribution in [0.2, 0.25) is 0 Å². The average molecular weight is 330 g/mol. The molecule has 0 saturated heterocycles. The summed E-state index contributed by atoms with van der Waals surface area (Å²) in [7, 11) is 0. The first-order valence-corrected chi connectivity index (χ1v) is 7.14. The van der Waals surface area contributed by atoms with Crippen LogP contribution in [-0.2, 0) is 0 Å². The molecule has 2 N–H and O–H groups in total. The van der Waals surface area contributed by atoms with Crippen LogP contribution < -0.4 is 5.73 Å². The summed E-state index contributed by atoms with van der Waals surface area (Å²) in [6, 6.07) is 18.4. The molecule has 0 heterocycles. The van der Waals surface area contributed by atoms with Gasteiger partial charge in [0.1, 0.15) is 5.82 Å². The molecule has 0 spiro atoms. The molecule has 0 aromatic heterocycles.